The number of rotatable bonds is 5. The number of aliphatic hydroxyl groups is 1. The molecular formula is C12H15ClO. The highest BCUT2D eigenvalue weighted by molar-refractivity contribution is 6.22. The Kier molecular flexibility index (Phi) is 4.71. The molecule has 1 N–H and O–H groups in total. The fraction of sp³-hybridized carbons (Fsp3) is 0.333. The number of halogens is 1. The first-order valence-corrected chi connectivity index (χ1v) is 5.16. The Hall–Kier alpha value is -0.790. The molecule has 1 rings (SSSR count). The van der Waals surface area contributed by atoms with Crippen LogP contribution in [-0.2, 0) is 6.42 Å². The van der Waals surface area contributed by atoms with Crippen LogP contribution in [-0.4, -0.2) is 16.6 Å². The molecule has 0 bridgehead atoms. The molecule has 0 heterocycles. The van der Waals surface area contributed by atoms with Crippen LogP contribution in [0.3, 0.4) is 0 Å². The average Bonchev–Trinajstić information content (AvgIpc) is 2.26. The Balaban J connectivity index is 2.37. The molecule has 0 aliphatic heterocycles. The summed E-state index contributed by atoms with van der Waals surface area (Å²) in [6.45, 7) is 3.54. The van der Waals surface area contributed by atoms with Gasteiger partial charge in [0.05, 0.1) is 11.5 Å². The molecule has 2 heteroatoms. The van der Waals surface area contributed by atoms with E-state index < -0.39 is 6.10 Å². The van der Waals surface area contributed by atoms with Gasteiger partial charge in [0.2, 0.25) is 0 Å². The van der Waals surface area contributed by atoms with Crippen LogP contribution in [0.1, 0.15) is 12.0 Å². The van der Waals surface area contributed by atoms with Crippen LogP contribution in [0.4, 0.5) is 0 Å². The Morgan fingerprint density at radius 3 is 2.57 bits per heavy atom. The van der Waals surface area contributed by atoms with Crippen molar-refractivity contribution < 1.29 is 5.11 Å². The second-order valence-corrected chi connectivity index (χ2v) is 3.78. The molecule has 0 saturated carbocycles. The van der Waals surface area contributed by atoms with Crippen molar-refractivity contribution >= 4 is 11.6 Å². The zero-order valence-corrected chi connectivity index (χ0v) is 8.82. The molecule has 0 spiro atoms. The van der Waals surface area contributed by atoms with Crippen molar-refractivity contribution in [2.75, 3.05) is 0 Å². The molecule has 14 heavy (non-hydrogen) atoms. The number of aryl methyl sites for hydroxylation is 1. The highest BCUT2D eigenvalue weighted by atomic mass is 35.5. The maximum Gasteiger partial charge on any atom is 0.0772 e. The molecule has 0 aliphatic carbocycles. The van der Waals surface area contributed by atoms with Gasteiger partial charge >= 0.3 is 0 Å². The van der Waals surface area contributed by atoms with Crippen LogP contribution < -0.4 is 0 Å². The molecule has 0 aliphatic rings. The fourth-order valence-electron chi connectivity index (χ4n) is 1.28. The van der Waals surface area contributed by atoms with E-state index in [0.29, 0.717) is 6.42 Å². The first kappa shape index (κ1) is 11.3. The molecule has 1 aromatic rings. The predicted molar refractivity (Wildman–Crippen MR) is 60.6 cm³/mol. The molecular weight excluding hydrogens is 196 g/mol. The van der Waals surface area contributed by atoms with Crippen molar-refractivity contribution in [3.63, 3.8) is 0 Å². The van der Waals surface area contributed by atoms with E-state index in [4.69, 9.17) is 11.6 Å². The topological polar surface area (TPSA) is 20.2 Å². The third kappa shape index (κ3) is 3.52. The lowest BCUT2D eigenvalue weighted by atomic mass is 10.1. The molecule has 2 atom stereocenters. The zero-order valence-electron chi connectivity index (χ0n) is 8.07. The van der Waals surface area contributed by atoms with Gasteiger partial charge in [-0.3, -0.25) is 0 Å². The van der Waals surface area contributed by atoms with Crippen molar-refractivity contribution in [3.05, 3.63) is 48.6 Å². The lowest BCUT2D eigenvalue weighted by Crippen LogP contribution is -2.19. The highest BCUT2D eigenvalue weighted by Crippen LogP contribution is 2.11. The van der Waals surface area contributed by atoms with Gasteiger partial charge in [0.1, 0.15) is 0 Å². The monoisotopic (exact) mass is 210 g/mol. The summed E-state index contributed by atoms with van der Waals surface area (Å²) in [6.07, 6.45) is 2.58. The van der Waals surface area contributed by atoms with Crippen molar-refractivity contribution in [1.82, 2.24) is 0 Å². The first-order valence-electron chi connectivity index (χ1n) is 4.72. The molecule has 0 unspecified atom stereocenters. The molecule has 0 saturated heterocycles. The van der Waals surface area contributed by atoms with Gasteiger partial charge in [0.25, 0.3) is 0 Å². The Bertz CT molecular complexity index is 271. The molecule has 0 amide bonds. The van der Waals surface area contributed by atoms with Crippen LogP contribution in [0.2, 0.25) is 0 Å². The first-order chi connectivity index (χ1) is 6.74. The summed E-state index contributed by atoms with van der Waals surface area (Å²) in [5.74, 6) is 0. The molecule has 0 radical (unpaired) electrons. The molecule has 1 aromatic carbocycles. The second kappa shape index (κ2) is 5.84. The maximum atomic E-state index is 9.58. The molecule has 1 nitrogen and oxygen atoms in total. The quantitative estimate of drug-likeness (QED) is 0.586. The number of hydrogen-bond donors (Lipinski definition) is 1. The van der Waals surface area contributed by atoms with E-state index in [1.165, 1.54) is 5.56 Å². The van der Waals surface area contributed by atoms with E-state index in [1.807, 2.05) is 30.3 Å². The van der Waals surface area contributed by atoms with Crippen molar-refractivity contribution in [1.29, 1.82) is 0 Å². The third-order valence-electron chi connectivity index (χ3n) is 2.16. The van der Waals surface area contributed by atoms with Crippen LogP contribution in [0, 0.1) is 0 Å². The van der Waals surface area contributed by atoms with Crippen molar-refractivity contribution in [2.45, 2.75) is 24.3 Å². The van der Waals surface area contributed by atoms with Gasteiger partial charge in [-0.2, -0.15) is 0 Å². The minimum atomic E-state index is -0.505. The highest BCUT2D eigenvalue weighted by Gasteiger charge is 2.12. The van der Waals surface area contributed by atoms with Gasteiger partial charge in [-0.05, 0) is 18.4 Å². The number of aliphatic hydroxyl groups excluding tert-OH is 1. The Morgan fingerprint density at radius 1 is 1.36 bits per heavy atom. The molecule has 76 valence electrons. The standard InChI is InChI=1S/C12H15ClO/c1-2-11(13)12(14)9-8-10-6-4-3-5-7-10/h2-7,11-12,14H,1,8-9H2/t11-,12+/m1/s1. The zero-order chi connectivity index (χ0) is 10.4. The van der Waals surface area contributed by atoms with Crippen LogP contribution in [0.15, 0.2) is 43.0 Å². The minimum absolute atomic E-state index is 0.348. The summed E-state index contributed by atoms with van der Waals surface area (Å²) < 4.78 is 0. The maximum absolute atomic E-state index is 9.58. The Morgan fingerprint density at radius 2 is 2.00 bits per heavy atom. The van der Waals surface area contributed by atoms with Gasteiger partial charge in [-0.15, -0.1) is 18.2 Å². The van der Waals surface area contributed by atoms with E-state index in [0.717, 1.165) is 6.42 Å². The normalized spacial score (nSPS) is 14.7. The Labute approximate surface area is 90.0 Å². The fourth-order valence-corrected chi connectivity index (χ4v) is 1.40. The summed E-state index contributed by atoms with van der Waals surface area (Å²) in [4.78, 5) is 0. The predicted octanol–water partition coefficient (Wildman–Crippen LogP) is 2.77. The molecule has 0 fully saturated rings. The van der Waals surface area contributed by atoms with Crippen LogP contribution in [0.5, 0.6) is 0 Å². The van der Waals surface area contributed by atoms with Gasteiger partial charge in [0, 0.05) is 0 Å². The summed E-state index contributed by atoms with van der Waals surface area (Å²) >= 11 is 5.81. The average molecular weight is 211 g/mol. The smallest absolute Gasteiger partial charge is 0.0772 e. The minimum Gasteiger partial charge on any atom is -0.391 e. The van der Waals surface area contributed by atoms with E-state index >= 15 is 0 Å². The van der Waals surface area contributed by atoms with Crippen molar-refractivity contribution in [2.24, 2.45) is 0 Å². The number of alkyl halides is 1. The summed E-state index contributed by atoms with van der Waals surface area (Å²) in [5.41, 5.74) is 1.22. The van der Waals surface area contributed by atoms with Gasteiger partial charge in [-0.1, -0.05) is 36.4 Å². The van der Waals surface area contributed by atoms with Gasteiger partial charge < -0.3 is 5.11 Å². The van der Waals surface area contributed by atoms with E-state index in [-0.39, 0.29) is 5.38 Å². The SMILES string of the molecule is C=C[C@@H](Cl)[C@@H](O)CCc1ccccc1. The second-order valence-electron chi connectivity index (χ2n) is 3.27. The van der Waals surface area contributed by atoms with E-state index in [2.05, 4.69) is 6.58 Å². The van der Waals surface area contributed by atoms with Crippen LogP contribution >= 0.6 is 11.6 Å². The lowest BCUT2D eigenvalue weighted by molar-refractivity contribution is 0.171. The van der Waals surface area contributed by atoms with Gasteiger partial charge in [-0.25, -0.2) is 0 Å². The lowest BCUT2D eigenvalue weighted by Gasteiger charge is -2.12. The van der Waals surface area contributed by atoms with Gasteiger partial charge in [0.15, 0.2) is 0 Å². The summed E-state index contributed by atoms with van der Waals surface area (Å²) in [6, 6.07) is 10.1. The van der Waals surface area contributed by atoms with E-state index in [1.54, 1.807) is 6.08 Å². The third-order valence-corrected chi connectivity index (χ3v) is 2.63. The van der Waals surface area contributed by atoms with E-state index in [9.17, 15) is 5.11 Å². The summed E-state index contributed by atoms with van der Waals surface area (Å²) in [7, 11) is 0. The summed E-state index contributed by atoms with van der Waals surface area (Å²) in [5, 5.41) is 9.23. The number of benzene rings is 1. The van der Waals surface area contributed by atoms with Crippen molar-refractivity contribution in [3.8, 4) is 0 Å². The largest absolute Gasteiger partial charge is 0.391 e. The molecule has 0 aromatic heterocycles. The van der Waals surface area contributed by atoms with Crippen LogP contribution in [0.25, 0.3) is 0 Å². The number of hydrogen-bond acceptors (Lipinski definition) is 1.